The van der Waals surface area contributed by atoms with Crippen molar-refractivity contribution in [3.8, 4) is 11.3 Å². The van der Waals surface area contributed by atoms with E-state index in [2.05, 4.69) is 28.2 Å². The summed E-state index contributed by atoms with van der Waals surface area (Å²) in [6.45, 7) is 6.12. The standard InChI is InChI=1S/C17H20N6/c1-2-14-10-17(22-8-6-18-7-9-22)23-16(20-14)11-15(21-23)13-4-3-5-19-12-13/h3-5,10-12,18H,2,6-9H2,1H3. The maximum Gasteiger partial charge on any atom is 0.158 e. The molecule has 0 bridgehead atoms. The van der Waals surface area contributed by atoms with Crippen LogP contribution in [0, 0.1) is 0 Å². The first-order valence-electron chi connectivity index (χ1n) is 8.11. The average molecular weight is 308 g/mol. The Kier molecular flexibility index (Phi) is 3.67. The van der Waals surface area contributed by atoms with Gasteiger partial charge in [0.05, 0.1) is 5.69 Å². The van der Waals surface area contributed by atoms with Crippen molar-refractivity contribution >= 4 is 11.5 Å². The van der Waals surface area contributed by atoms with Crippen LogP contribution in [-0.2, 0) is 6.42 Å². The van der Waals surface area contributed by atoms with Crippen molar-refractivity contribution < 1.29 is 0 Å². The zero-order chi connectivity index (χ0) is 15.6. The first kappa shape index (κ1) is 14.1. The zero-order valence-corrected chi connectivity index (χ0v) is 13.2. The number of nitrogens with one attached hydrogen (secondary N) is 1. The molecule has 0 saturated carbocycles. The molecule has 0 atom stereocenters. The lowest BCUT2D eigenvalue weighted by Gasteiger charge is -2.29. The molecule has 1 aliphatic heterocycles. The van der Waals surface area contributed by atoms with Gasteiger partial charge in [-0.15, -0.1) is 0 Å². The lowest BCUT2D eigenvalue weighted by atomic mass is 10.2. The third kappa shape index (κ3) is 2.66. The maximum absolute atomic E-state index is 4.79. The van der Waals surface area contributed by atoms with Crippen molar-refractivity contribution in [3.63, 3.8) is 0 Å². The summed E-state index contributed by atoms with van der Waals surface area (Å²) in [7, 11) is 0. The largest absolute Gasteiger partial charge is 0.354 e. The van der Waals surface area contributed by atoms with Crippen molar-refractivity contribution in [1.29, 1.82) is 0 Å². The van der Waals surface area contributed by atoms with Gasteiger partial charge in [-0.3, -0.25) is 4.98 Å². The molecule has 0 aromatic carbocycles. The van der Waals surface area contributed by atoms with Gasteiger partial charge in [0.2, 0.25) is 0 Å². The minimum Gasteiger partial charge on any atom is -0.354 e. The number of pyridine rings is 1. The summed E-state index contributed by atoms with van der Waals surface area (Å²) < 4.78 is 1.97. The summed E-state index contributed by atoms with van der Waals surface area (Å²) in [5.74, 6) is 1.13. The highest BCUT2D eigenvalue weighted by atomic mass is 15.4. The molecule has 1 N–H and O–H groups in total. The van der Waals surface area contributed by atoms with Crippen LogP contribution in [0.3, 0.4) is 0 Å². The number of piperazine rings is 1. The van der Waals surface area contributed by atoms with Crippen LogP contribution in [0.5, 0.6) is 0 Å². The number of hydrogen-bond acceptors (Lipinski definition) is 5. The first-order valence-corrected chi connectivity index (χ1v) is 8.11. The van der Waals surface area contributed by atoms with Gasteiger partial charge in [0.15, 0.2) is 5.65 Å². The third-order valence-corrected chi connectivity index (χ3v) is 4.22. The lowest BCUT2D eigenvalue weighted by Crippen LogP contribution is -2.44. The first-order chi connectivity index (χ1) is 11.3. The SMILES string of the molecule is CCc1cc(N2CCNCC2)n2nc(-c3cccnc3)cc2n1. The van der Waals surface area contributed by atoms with Crippen molar-refractivity contribution in [1.82, 2.24) is 24.9 Å². The molecule has 6 heteroatoms. The zero-order valence-electron chi connectivity index (χ0n) is 13.2. The third-order valence-electron chi connectivity index (χ3n) is 4.22. The van der Waals surface area contributed by atoms with E-state index >= 15 is 0 Å². The second kappa shape index (κ2) is 5.96. The molecule has 0 amide bonds. The number of aromatic nitrogens is 4. The predicted octanol–water partition coefficient (Wildman–Crippen LogP) is 1.76. The molecule has 0 aliphatic carbocycles. The van der Waals surface area contributed by atoms with Crippen LogP contribution >= 0.6 is 0 Å². The summed E-state index contributed by atoms with van der Waals surface area (Å²) >= 11 is 0. The van der Waals surface area contributed by atoms with Crippen molar-refractivity contribution in [2.24, 2.45) is 0 Å². The van der Waals surface area contributed by atoms with E-state index in [0.29, 0.717) is 0 Å². The van der Waals surface area contributed by atoms with Crippen molar-refractivity contribution in [3.05, 3.63) is 42.4 Å². The van der Waals surface area contributed by atoms with Crippen LogP contribution in [0.1, 0.15) is 12.6 Å². The van der Waals surface area contributed by atoms with Gasteiger partial charge >= 0.3 is 0 Å². The fourth-order valence-electron chi connectivity index (χ4n) is 2.96. The molecule has 0 spiro atoms. The number of hydrogen-bond donors (Lipinski definition) is 1. The molecule has 4 rings (SSSR count). The monoisotopic (exact) mass is 308 g/mol. The topological polar surface area (TPSA) is 58.4 Å². The van der Waals surface area contributed by atoms with E-state index in [1.54, 1.807) is 6.20 Å². The Morgan fingerprint density at radius 3 is 2.83 bits per heavy atom. The van der Waals surface area contributed by atoms with Crippen molar-refractivity contribution in [2.75, 3.05) is 31.1 Å². The number of rotatable bonds is 3. The van der Waals surface area contributed by atoms with E-state index in [0.717, 1.165) is 61.0 Å². The van der Waals surface area contributed by atoms with Crippen LogP contribution in [0.4, 0.5) is 5.82 Å². The summed E-state index contributed by atoms with van der Waals surface area (Å²) in [5, 5.41) is 8.18. The quantitative estimate of drug-likeness (QED) is 0.799. The van der Waals surface area contributed by atoms with E-state index < -0.39 is 0 Å². The molecule has 1 saturated heterocycles. The van der Waals surface area contributed by atoms with Crippen LogP contribution in [0.25, 0.3) is 16.9 Å². The average Bonchev–Trinajstić information content (AvgIpc) is 3.06. The number of anilines is 1. The molecule has 3 aromatic rings. The lowest BCUT2D eigenvalue weighted by molar-refractivity contribution is 0.579. The van der Waals surface area contributed by atoms with E-state index in [1.165, 1.54) is 0 Å². The molecule has 1 aliphatic rings. The van der Waals surface area contributed by atoms with Crippen LogP contribution < -0.4 is 10.2 Å². The molecule has 6 nitrogen and oxygen atoms in total. The van der Waals surface area contributed by atoms with Crippen LogP contribution in [-0.4, -0.2) is 45.8 Å². The molecule has 3 aromatic heterocycles. The summed E-state index contributed by atoms with van der Waals surface area (Å²) in [4.78, 5) is 11.3. The molecule has 23 heavy (non-hydrogen) atoms. The van der Waals surface area contributed by atoms with E-state index in [1.807, 2.05) is 28.9 Å². The van der Waals surface area contributed by atoms with Gasteiger partial charge in [-0.25, -0.2) is 4.98 Å². The van der Waals surface area contributed by atoms with Gasteiger partial charge in [0, 0.05) is 62.0 Å². The Morgan fingerprint density at radius 1 is 1.22 bits per heavy atom. The summed E-state index contributed by atoms with van der Waals surface area (Å²) in [5.41, 5.74) is 3.93. The van der Waals surface area contributed by atoms with Crippen molar-refractivity contribution in [2.45, 2.75) is 13.3 Å². The second-order valence-corrected chi connectivity index (χ2v) is 5.74. The van der Waals surface area contributed by atoms with E-state index in [9.17, 15) is 0 Å². The Bertz CT molecular complexity index is 805. The second-order valence-electron chi connectivity index (χ2n) is 5.74. The molecule has 1 fully saturated rings. The minimum atomic E-state index is 0.900. The normalized spacial score (nSPS) is 15.3. The molecular weight excluding hydrogens is 288 g/mol. The predicted molar refractivity (Wildman–Crippen MR) is 90.7 cm³/mol. The van der Waals surface area contributed by atoms with Gasteiger partial charge in [-0.1, -0.05) is 6.92 Å². The van der Waals surface area contributed by atoms with Gasteiger partial charge in [0.25, 0.3) is 0 Å². The Balaban J connectivity index is 1.85. The number of nitrogens with zero attached hydrogens (tertiary/aromatic N) is 5. The minimum absolute atomic E-state index is 0.900. The van der Waals surface area contributed by atoms with Gasteiger partial charge in [-0.05, 0) is 18.6 Å². The van der Waals surface area contributed by atoms with Gasteiger partial charge in [-0.2, -0.15) is 9.61 Å². The molecule has 0 unspecified atom stereocenters. The Morgan fingerprint density at radius 2 is 2.09 bits per heavy atom. The number of aryl methyl sites for hydroxylation is 1. The van der Waals surface area contributed by atoms with Gasteiger partial charge in [0.1, 0.15) is 5.82 Å². The highest BCUT2D eigenvalue weighted by molar-refractivity contribution is 5.65. The highest BCUT2D eigenvalue weighted by Gasteiger charge is 2.17. The fraction of sp³-hybridized carbons (Fsp3) is 0.353. The summed E-state index contributed by atoms with van der Waals surface area (Å²) in [6.07, 6.45) is 4.54. The van der Waals surface area contributed by atoms with Crippen LogP contribution in [0.15, 0.2) is 36.7 Å². The van der Waals surface area contributed by atoms with Gasteiger partial charge < -0.3 is 10.2 Å². The molecule has 118 valence electrons. The molecule has 0 radical (unpaired) electrons. The fourth-order valence-corrected chi connectivity index (χ4v) is 2.96. The maximum atomic E-state index is 4.79. The Hall–Kier alpha value is -2.47. The smallest absolute Gasteiger partial charge is 0.158 e. The van der Waals surface area contributed by atoms with E-state index in [-0.39, 0.29) is 0 Å². The molecule has 4 heterocycles. The summed E-state index contributed by atoms with van der Waals surface area (Å²) in [6, 6.07) is 8.17. The van der Waals surface area contributed by atoms with Crippen LogP contribution in [0.2, 0.25) is 0 Å². The Labute approximate surface area is 135 Å². The highest BCUT2D eigenvalue weighted by Crippen LogP contribution is 2.23. The van der Waals surface area contributed by atoms with E-state index in [4.69, 9.17) is 10.1 Å². The number of fused-ring (bicyclic) bond motifs is 1. The molecular formula is C17H20N6.